The van der Waals surface area contributed by atoms with Crippen LogP contribution in [0.5, 0.6) is 0 Å². The predicted octanol–water partition coefficient (Wildman–Crippen LogP) is 4.01. The molecule has 0 spiro atoms. The van der Waals surface area contributed by atoms with Gasteiger partial charge in [0, 0.05) is 5.41 Å². The Morgan fingerprint density at radius 3 is 2.69 bits per heavy atom. The van der Waals surface area contributed by atoms with Crippen LogP contribution < -0.4 is 5.32 Å². The molecule has 4 aliphatic rings. The smallest absolute Gasteiger partial charge is 0.326 e. The van der Waals surface area contributed by atoms with Crippen molar-refractivity contribution in [2.75, 3.05) is 18.6 Å². The molecule has 4 rings (SSSR count). The van der Waals surface area contributed by atoms with Gasteiger partial charge in [0.25, 0.3) is 5.91 Å². The number of aliphatic hydroxyl groups is 1. The summed E-state index contributed by atoms with van der Waals surface area (Å²) in [7, 11) is 0. The zero-order valence-electron chi connectivity index (χ0n) is 21.7. The van der Waals surface area contributed by atoms with Crippen LogP contribution in [0.15, 0.2) is 16.8 Å². The Bertz CT molecular complexity index is 989. The Hall–Kier alpha value is -1.98. The van der Waals surface area contributed by atoms with Crippen LogP contribution >= 0.6 is 11.8 Å². The van der Waals surface area contributed by atoms with E-state index in [0.29, 0.717) is 36.3 Å². The minimum Gasteiger partial charge on any atom is -0.480 e. The fourth-order valence-electron chi connectivity index (χ4n) is 7.80. The second-order valence-electron chi connectivity index (χ2n) is 11.6. The third-order valence-corrected chi connectivity index (χ3v) is 10.6. The highest BCUT2D eigenvalue weighted by atomic mass is 32.2. The third-order valence-electron chi connectivity index (χ3n) is 9.99. The van der Waals surface area contributed by atoms with E-state index in [1.807, 2.05) is 6.26 Å². The van der Waals surface area contributed by atoms with Crippen molar-refractivity contribution in [1.82, 2.24) is 5.32 Å². The predicted molar refractivity (Wildman–Crippen MR) is 141 cm³/mol. The van der Waals surface area contributed by atoms with Crippen LogP contribution in [-0.2, 0) is 14.4 Å². The minimum atomic E-state index is -1.04. The fourth-order valence-corrected chi connectivity index (χ4v) is 8.27. The van der Waals surface area contributed by atoms with Gasteiger partial charge in [0.1, 0.15) is 11.6 Å². The van der Waals surface area contributed by atoms with E-state index in [2.05, 4.69) is 36.3 Å². The van der Waals surface area contributed by atoms with Gasteiger partial charge < -0.3 is 20.4 Å². The first-order chi connectivity index (χ1) is 17.1. The van der Waals surface area contributed by atoms with Crippen molar-refractivity contribution < 1.29 is 24.6 Å². The van der Waals surface area contributed by atoms with Gasteiger partial charge in [-0.3, -0.25) is 4.79 Å². The summed E-state index contributed by atoms with van der Waals surface area (Å²) in [6.07, 6.45) is 17.9. The average molecular weight is 517 g/mol. The highest BCUT2D eigenvalue weighted by molar-refractivity contribution is 7.98. The summed E-state index contributed by atoms with van der Waals surface area (Å²) in [6.45, 7) is 4.32. The summed E-state index contributed by atoms with van der Waals surface area (Å²) >= 11 is 1.54. The maximum absolute atomic E-state index is 12.2. The van der Waals surface area contributed by atoms with Gasteiger partial charge in [-0.2, -0.15) is 11.8 Å². The van der Waals surface area contributed by atoms with Crippen LogP contribution in [0.2, 0.25) is 0 Å². The number of amides is 1. The molecular formula is C28H40N2O5S. The van der Waals surface area contributed by atoms with Crippen LogP contribution in [0.4, 0.5) is 0 Å². The van der Waals surface area contributed by atoms with Gasteiger partial charge in [-0.25, -0.2) is 4.79 Å². The topological polar surface area (TPSA) is 108 Å². The molecule has 0 bridgehead atoms. The van der Waals surface area contributed by atoms with Gasteiger partial charge in [-0.1, -0.05) is 30.5 Å². The lowest BCUT2D eigenvalue weighted by molar-refractivity contribution is -0.142. The molecule has 0 aromatic heterocycles. The number of thioether (sulfide) groups is 1. The van der Waals surface area contributed by atoms with E-state index in [0.717, 1.165) is 50.7 Å². The summed E-state index contributed by atoms with van der Waals surface area (Å²) in [5.74, 6) is 3.53. The SMILES string of the molecule is C#C[C@@]1(O)CCC2C3CCC4=C/C(=N/OCC(=O)NC(CCSC)C(=O)O)CC[C@]4(C)C3CC[C@@]21C. The molecule has 4 aliphatic carbocycles. The van der Waals surface area contributed by atoms with Crippen molar-refractivity contribution >= 4 is 29.4 Å². The summed E-state index contributed by atoms with van der Waals surface area (Å²) in [6, 6.07) is -0.914. The first-order valence-corrected chi connectivity index (χ1v) is 14.6. The Morgan fingerprint density at radius 2 is 2.00 bits per heavy atom. The molecule has 0 heterocycles. The molecule has 7 nitrogen and oxygen atoms in total. The third kappa shape index (κ3) is 4.69. The number of carboxylic acids is 1. The number of rotatable bonds is 8. The Balaban J connectivity index is 1.38. The largest absolute Gasteiger partial charge is 0.480 e. The number of hydrogen-bond acceptors (Lipinski definition) is 6. The number of fused-ring (bicyclic) bond motifs is 5. The number of terminal acetylenes is 1. The second-order valence-corrected chi connectivity index (χ2v) is 12.6. The maximum atomic E-state index is 12.2. The number of carboxylic acid groups (broad SMARTS) is 1. The number of oxime groups is 1. The van der Waals surface area contributed by atoms with Gasteiger partial charge in [0.05, 0.1) is 5.71 Å². The van der Waals surface area contributed by atoms with Crippen LogP contribution in [-0.4, -0.2) is 58.1 Å². The lowest BCUT2D eigenvalue weighted by Crippen LogP contribution is -2.54. The summed E-state index contributed by atoms with van der Waals surface area (Å²) in [5.41, 5.74) is 1.21. The van der Waals surface area contributed by atoms with Crippen LogP contribution in [0, 0.1) is 40.9 Å². The van der Waals surface area contributed by atoms with Crippen molar-refractivity contribution in [1.29, 1.82) is 0 Å². The first-order valence-electron chi connectivity index (χ1n) is 13.2. The van der Waals surface area contributed by atoms with E-state index in [4.69, 9.17) is 11.3 Å². The summed E-state index contributed by atoms with van der Waals surface area (Å²) < 4.78 is 0. The molecule has 8 heteroatoms. The quantitative estimate of drug-likeness (QED) is 0.332. The molecule has 0 aromatic rings. The van der Waals surface area contributed by atoms with Crippen molar-refractivity contribution in [2.45, 2.75) is 83.3 Å². The number of hydrogen-bond donors (Lipinski definition) is 3. The van der Waals surface area contributed by atoms with Crippen LogP contribution in [0.3, 0.4) is 0 Å². The summed E-state index contributed by atoms with van der Waals surface area (Å²) in [5, 5.41) is 27.2. The lowest BCUT2D eigenvalue weighted by atomic mass is 9.46. The van der Waals surface area contributed by atoms with Gasteiger partial charge in [0.2, 0.25) is 0 Å². The highest BCUT2D eigenvalue weighted by Gasteiger charge is 2.63. The molecule has 1 amide bonds. The van der Waals surface area contributed by atoms with Crippen molar-refractivity contribution in [3.8, 4) is 12.3 Å². The van der Waals surface area contributed by atoms with E-state index in [9.17, 15) is 19.8 Å². The highest BCUT2D eigenvalue weighted by Crippen LogP contribution is 2.67. The number of allylic oxidation sites excluding steroid dienone is 2. The average Bonchev–Trinajstić information content (AvgIpc) is 3.12. The fraction of sp³-hybridized carbons (Fsp3) is 0.750. The lowest BCUT2D eigenvalue weighted by Gasteiger charge is -2.58. The zero-order valence-corrected chi connectivity index (χ0v) is 22.5. The molecule has 3 fully saturated rings. The van der Waals surface area contributed by atoms with E-state index in [-0.39, 0.29) is 17.4 Å². The summed E-state index contributed by atoms with van der Waals surface area (Å²) in [4.78, 5) is 28.8. The Morgan fingerprint density at radius 1 is 1.25 bits per heavy atom. The van der Waals surface area contributed by atoms with Crippen LogP contribution in [0.1, 0.15) is 71.6 Å². The first kappa shape index (κ1) is 27.1. The number of aliphatic carboxylic acids is 1. The Labute approximate surface area is 218 Å². The van der Waals surface area contributed by atoms with Crippen molar-refractivity contribution in [3.63, 3.8) is 0 Å². The van der Waals surface area contributed by atoms with Gasteiger partial charge in [-0.15, -0.1) is 6.42 Å². The second kappa shape index (κ2) is 10.4. The van der Waals surface area contributed by atoms with Crippen molar-refractivity contribution in [2.24, 2.45) is 33.7 Å². The van der Waals surface area contributed by atoms with Crippen molar-refractivity contribution in [3.05, 3.63) is 11.6 Å². The van der Waals surface area contributed by atoms with Gasteiger partial charge in [0.15, 0.2) is 6.61 Å². The van der Waals surface area contributed by atoms with Gasteiger partial charge >= 0.3 is 5.97 Å². The van der Waals surface area contributed by atoms with E-state index in [1.54, 1.807) is 0 Å². The zero-order chi connectivity index (χ0) is 26.1. The van der Waals surface area contributed by atoms with Crippen LogP contribution in [0.25, 0.3) is 0 Å². The monoisotopic (exact) mass is 516 g/mol. The molecule has 0 aromatic carbocycles. The van der Waals surface area contributed by atoms with E-state index in [1.165, 1.54) is 17.3 Å². The van der Waals surface area contributed by atoms with E-state index >= 15 is 0 Å². The molecule has 3 N–H and O–H groups in total. The molecule has 0 saturated heterocycles. The molecule has 0 radical (unpaired) electrons. The molecule has 3 saturated carbocycles. The Kier molecular flexibility index (Phi) is 7.83. The molecule has 4 unspecified atom stereocenters. The molecule has 7 atom stereocenters. The molecule has 0 aliphatic heterocycles. The molecular weight excluding hydrogens is 476 g/mol. The normalized spacial score (nSPS) is 39.1. The molecule has 198 valence electrons. The number of carbonyl (C=O) groups excluding carboxylic acids is 1. The molecule has 36 heavy (non-hydrogen) atoms. The number of carbonyl (C=O) groups is 2. The maximum Gasteiger partial charge on any atom is 0.326 e. The standard InChI is InChI=1S/C28H40N2O5S/c1-5-28(34)14-10-22-20-7-6-18-16-19(8-12-26(18,2)21(20)9-13-27(22,28)3)30-35-17-24(31)29-23(25(32)33)11-15-36-4/h1,16,20-23,34H,6-15,17H2,2-4H3,(H,29,31)(H,32,33)/b30-19+/t20?,21?,22?,23?,26-,27-,28+/m0/s1. The number of nitrogens with zero attached hydrogens (tertiary/aromatic N) is 1. The van der Waals surface area contributed by atoms with E-state index < -0.39 is 23.5 Å². The minimum absolute atomic E-state index is 0.115. The number of nitrogens with one attached hydrogen (secondary N) is 1. The van der Waals surface area contributed by atoms with Gasteiger partial charge in [-0.05, 0) is 99.0 Å².